The summed E-state index contributed by atoms with van der Waals surface area (Å²) >= 11 is 0. The van der Waals surface area contributed by atoms with Crippen LogP contribution in [0.3, 0.4) is 0 Å². The van der Waals surface area contributed by atoms with Crippen molar-refractivity contribution in [2.75, 3.05) is 0 Å². The molecule has 0 saturated heterocycles. The van der Waals surface area contributed by atoms with Crippen molar-refractivity contribution in [2.24, 2.45) is 0 Å². The normalized spacial score (nSPS) is 19.2. The number of aromatic nitrogens is 6. The Kier molecular flexibility index (Phi) is 4.22. The van der Waals surface area contributed by atoms with Crippen LogP contribution in [0.15, 0.2) is 23.4 Å². The quantitative estimate of drug-likeness (QED) is 0.552. The first-order valence-electron chi connectivity index (χ1n) is 10.3. The molecule has 146 valence electrons. The maximum atomic E-state index is 12.3. The maximum Gasteiger partial charge on any atom is 0.262 e. The van der Waals surface area contributed by atoms with Gasteiger partial charge in [-0.2, -0.15) is 5.10 Å². The molecule has 0 unspecified atom stereocenters. The van der Waals surface area contributed by atoms with Crippen molar-refractivity contribution in [1.82, 2.24) is 29.5 Å². The highest BCUT2D eigenvalue weighted by Gasteiger charge is 2.37. The monoisotopic (exact) mass is 379 g/mol. The van der Waals surface area contributed by atoms with Gasteiger partial charge in [0.2, 0.25) is 0 Å². The van der Waals surface area contributed by atoms with Crippen LogP contribution in [0, 0.1) is 20.8 Å². The van der Waals surface area contributed by atoms with Crippen LogP contribution in [0.5, 0.6) is 0 Å². The second-order valence-electron chi connectivity index (χ2n) is 7.28. The van der Waals surface area contributed by atoms with Crippen LogP contribution in [-0.4, -0.2) is 29.5 Å². The van der Waals surface area contributed by atoms with Gasteiger partial charge in [0.25, 0.3) is 5.56 Å². The molecule has 4 heterocycles. The molecule has 1 saturated carbocycles. The third-order valence-corrected chi connectivity index (χ3v) is 5.87. The maximum absolute atomic E-state index is 12.3. The number of aryl methyl sites for hydroxylation is 2. The lowest BCUT2D eigenvalue weighted by molar-refractivity contribution is 0.327. The van der Waals surface area contributed by atoms with Crippen molar-refractivity contribution in [1.29, 1.82) is 0 Å². The predicted octanol–water partition coefficient (Wildman–Crippen LogP) is 3.91. The molecule has 2 N–H and O–H groups in total. The zero-order valence-corrected chi connectivity index (χ0v) is 16.9. The number of hydrogen-bond acceptors (Lipinski definition) is 4. The Morgan fingerprint density at radius 1 is 1.11 bits per heavy atom. The third kappa shape index (κ3) is 2.73. The SMILES string of the molecule is CC.[2H]n1ncc2c(=O)[nH]c([C@H]3CC[C@H]3c3cn4cc(C)c(C)c(C)c4n3)nc21. The van der Waals surface area contributed by atoms with Gasteiger partial charge < -0.3 is 9.38 Å². The Hall–Kier alpha value is -2.96. The molecule has 4 aromatic rings. The van der Waals surface area contributed by atoms with Crippen LogP contribution < -0.4 is 5.56 Å². The lowest BCUT2D eigenvalue weighted by Crippen LogP contribution is -2.26. The van der Waals surface area contributed by atoms with Gasteiger partial charge in [-0.1, -0.05) is 13.8 Å². The molecule has 0 bridgehead atoms. The van der Waals surface area contributed by atoms with E-state index in [-0.39, 0.29) is 17.4 Å². The van der Waals surface area contributed by atoms with E-state index in [9.17, 15) is 4.79 Å². The minimum absolute atomic E-state index is 0.101. The molecule has 4 aromatic heterocycles. The number of nitrogens with zero attached hydrogens (tertiary/aromatic N) is 4. The van der Waals surface area contributed by atoms with Crippen LogP contribution in [-0.2, 0) is 0 Å². The fourth-order valence-corrected chi connectivity index (χ4v) is 3.91. The summed E-state index contributed by atoms with van der Waals surface area (Å²) in [5.41, 5.74) is 5.79. The summed E-state index contributed by atoms with van der Waals surface area (Å²) < 4.78 is 9.88. The van der Waals surface area contributed by atoms with E-state index >= 15 is 0 Å². The molecule has 7 nitrogen and oxygen atoms in total. The van der Waals surface area contributed by atoms with Crippen molar-refractivity contribution < 1.29 is 1.41 Å². The fourth-order valence-electron chi connectivity index (χ4n) is 3.91. The standard InChI is InChI=1S/C19H20N6O.C2H6/c1-9-7-25-8-15(21-18(25)11(3)10(9)2)12-4-5-13(12)16-22-17-14(6-20-24-17)19(26)23-16;1-2/h6-8,12-13H,4-5H2,1-3H3,(H2,20,22,23,24,26);1-2H3/t12-,13+;/m1./s1/i/hD. The van der Waals surface area contributed by atoms with E-state index in [1.54, 1.807) is 0 Å². The molecule has 0 spiro atoms. The van der Waals surface area contributed by atoms with Gasteiger partial charge in [-0.15, -0.1) is 0 Å². The molecular weight excluding hydrogens is 352 g/mol. The van der Waals surface area contributed by atoms with Crippen LogP contribution >= 0.6 is 0 Å². The first-order chi connectivity index (χ1) is 13.9. The summed E-state index contributed by atoms with van der Waals surface area (Å²) in [7, 11) is 0. The average molecular weight is 379 g/mol. The summed E-state index contributed by atoms with van der Waals surface area (Å²) in [4.78, 5) is 24.6. The number of pyridine rings is 1. The van der Waals surface area contributed by atoms with Crippen LogP contribution in [0.4, 0.5) is 0 Å². The first kappa shape index (κ1) is 17.2. The zero-order chi connectivity index (χ0) is 20.9. The number of H-pyrrole nitrogens is 2. The van der Waals surface area contributed by atoms with Crippen molar-refractivity contribution in [2.45, 2.75) is 59.3 Å². The molecule has 0 aliphatic heterocycles. The Morgan fingerprint density at radius 2 is 1.86 bits per heavy atom. The molecule has 0 amide bonds. The van der Waals surface area contributed by atoms with Gasteiger partial charge in [0.1, 0.15) is 16.9 Å². The smallest absolute Gasteiger partial charge is 0.262 e. The Labute approximate surface area is 164 Å². The van der Waals surface area contributed by atoms with Gasteiger partial charge in [-0.25, -0.2) is 9.97 Å². The summed E-state index contributed by atoms with van der Waals surface area (Å²) in [5, 5.41) is 5.07. The van der Waals surface area contributed by atoms with E-state index in [0.717, 1.165) is 29.3 Å². The summed E-state index contributed by atoms with van der Waals surface area (Å²) in [6.45, 7) is 10.3. The van der Waals surface area contributed by atoms with Crippen molar-refractivity contribution >= 4 is 16.7 Å². The van der Waals surface area contributed by atoms with Crippen molar-refractivity contribution in [3.63, 3.8) is 0 Å². The molecular formula is C21H26N6O. The molecule has 0 aromatic carbocycles. The Balaban J connectivity index is 0.000000994. The summed E-state index contributed by atoms with van der Waals surface area (Å²) in [6.07, 6.45) is 7.54. The highest BCUT2D eigenvalue weighted by Crippen LogP contribution is 2.47. The predicted molar refractivity (Wildman–Crippen MR) is 110 cm³/mol. The van der Waals surface area contributed by atoms with Crippen LogP contribution in [0.1, 0.15) is 66.7 Å². The lowest BCUT2D eigenvalue weighted by Gasteiger charge is -2.34. The number of hydrogen-bond donors (Lipinski definition) is 2. The molecule has 2 atom stereocenters. The van der Waals surface area contributed by atoms with Crippen LogP contribution in [0.25, 0.3) is 16.7 Å². The number of imidazole rings is 1. The summed E-state index contributed by atoms with van der Waals surface area (Å²) in [5.74, 6) is 0.941. The molecule has 5 rings (SSSR count). The van der Waals surface area contributed by atoms with Gasteiger partial charge in [0, 0.05) is 24.2 Å². The highest BCUT2D eigenvalue weighted by atomic mass is 16.1. The highest BCUT2D eigenvalue weighted by molar-refractivity contribution is 5.72. The fraction of sp³-hybridized carbons (Fsp3) is 0.429. The van der Waals surface area contributed by atoms with Gasteiger partial charge in [0.15, 0.2) is 7.06 Å². The zero-order valence-electron chi connectivity index (χ0n) is 17.9. The van der Waals surface area contributed by atoms with E-state index in [0.29, 0.717) is 16.9 Å². The molecule has 1 aliphatic carbocycles. The number of nitrogens with one attached hydrogen (secondary N) is 2. The molecule has 7 heteroatoms. The third-order valence-electron chi connectivity index (χ3n) is 5.87. The second-order valence-corrected chi connectivity index (χ2v) is 7.28. The van der Waals surface area contributed by atoms with Gasteiger partial charge >= 0.3 is 0 Å². The van der Waals surface area contributed by atoms with E-state index in [1.807, 2.05) is 13.8 Å². The molecule has 0 radical (unpaired) electrons. The summed E-state index contributed by atoms with van der Waals surface area (Å²) in [6, 6.07) is 0. The molecule has 28 heavy (non-hydrogen) atoms. The number of fused-ring (bicyclic) bond motifs is 2. The molecule has 1 fully saturated rings. The van der Waals surface area contributed by atoms with Crippen molar-refractivity contribution in [3.8, 4) is 0 Å². The van der Waals surface area contributed by atoms with Gasteiger partial charge in [-0.05, 0) is 50.3 Å². The van der Waals surface area contributed by atoms with Crippen LogP contribution in [0.2, 0.25) is 1.41 Å². The second kappa shape index (κ2) is 6.89. The minimum atomic E-state index is -0.240. The Morgan fingerprint density at radius 3 is 2.57 bits per heavy atom. The first-order valence-corrected chi connectivity index (χ1v) is 9.86. The van der Waals surface area contributed by atoms with E-state index in [4.69, 9.17) is 6.40 Å². The topological polar surface area (TPSA) is 91.7 Å². The minimum Gasteiger partial charge on any atom is -0.310 e. The van der Waals surface area contributed by atoms with E-state index in [1.165, 1.54) is 22.9 Å². The average Bonchev–Trinajstić information content (AvgIpc) is 3.25. The largest absolute Gasteiger partial charge is 0.310 e. The van der Waals surface area contributed by atoms with Gasteiger partial charge in [-0.3, -0.25) is 9.89 Å². The van der Waals surface area contributed by atoms with Gasteiger partial charge in [0.05, 0.1) is 11.9 Å². The number of rotatable bonds is 2. The lowest BCUT2D eigenvalue weighted by atomic mass is 9.71. The van der Waals surface area contributed by atoms with Crippen molar-refractivity contribution in [3.05, 3.63) is 57.2 Å². The Bertz CT molecular complexity index is 1270. The number of aromatic amines is 2. The molecule has 1 aliphatic rings. The van der Waals surface area contributed by atoms with E-state index < -0.39 is 0 Å². The van der Waals surface area contributed by atoms with E-state index in [2.05, 4.69) is 52.6 Å².